The predicted molar refractivity (Wildman–Crippen MR) is 81.3 cm³/mol. The van der Waals surface area contributed by atoms with Crippen LogP contribution in [0.4, 0.5) is 5.82 Å². The molecule has 0 fully saturated rings. The summed E-state index contributed by atoms with van der Waals surface area (Å²) in [4.78, 5) is 17.0. The summed E-state index contributed by atoms with van der Waals surface area (Å²) in [7, 11) is 3.43. The van der Waals surface area contributed by atoms with Crippen LogP contribution in [0, 0.1) is 0 Å². The molecule has 1 N–H and O–H groups in total. The van der Waals surface area contributed by atoms with Gasteiger partial charge in [0.05, 0.1) is 12.7 Å². The maximum absolute atomic E-state index is 11.1. The zero-order valence-corrected chi connectivity index (χ0v) is 12.5. The number of para-hydroxylation sites is 1. The molecule has 1 aromatic carbocycles. The van der Waals surface area contributed by atoms with E-state index in [9.17, 15) is 4.79 Å². The molecule has 0 spiro atoms. The first-order chi connectivity index (χ1) is 10.0. The van der Waals surface area contributed by atoms with Crippen molar-refractivity contribution in [1.82, 2.24) is 4.98 Å². The number of carboxylic acids is 1. The van der Waals surface area contributed by atoms with E-state index in [2.05, 4.69) is 4.98 Å². The molecular weight excluding hydrogens is 292 g/mol. The third kappa shape index (κ3) is 3.64. The number of hydrogen-bond acceptors (Lipinski definition) is 4. The number of benzene rings is 1. The fraction of sp³-hybridized carbons (Fsp3) is 0.200. The lowest BCUT2D eigenvalue weighted by atomic mass is 10.2. The molecule has 0 aliphatic carbocycles. The van der Waals surface area contributed by atoms with Gasteiger partial charge in [0.25, 0.3) is 0 Å². The van der Waals surface area contributed by atoms with Crippen molar-refractivity contribution in [3.8, 4) is 5.75 Å². The highest BCUT2D eigenvalue weighted by Crippen LogP contribution is 2.23. The molecule has 5 nitrogen and oxygen atoms in total. The standard InChI is InChI=1S/C15H15ClN2O3/c1-18(9-10-5-3-4-6-12(10)21-2)14-8-11(15(19)20)7-13(16)17-14/h3-8H,9H2,1-2H3,(H,19,20). The van der Waals surface area contributed by atoms with Gasteiger partial charge in [-0.2, -0.15) is 0 Å². The molecule has 2 aromatic rings. The van der Waals surface area contributed by atoms with Gasteiger partial charge in [0.15, 0.2) is 0 Å². The number of anilines is 1. The predicted octanol–water partition coefficient (Wildman–Crippen LogP) is 3.08. The molecule has 1 aromatic heterocycles. The normalized spacial score (nSPS) is 10.2. The molecule has 0 amide bonds. The molecule has 6 heteroatoms. The quantitative estimate of drug-likeness (QED) is 0.860. The van der Waals surface area contributed by atoms with Crippen LogP contribution in [-0.2, 0) is 6.54 Å². The Labute approximate surface area is 127 Å². The van der Waals surface area contributed by atoms with Gasteiger partial charge in [0.2, 0.25) is 0 Å². The zero-order chi connectivity index (χ0) is 15.4. The monoisotopic (exact) mass is 306 g/mol. The fourth-order valence-electron chi connectivity index (χ4n) is 1.97. The first-order valence-corrected chi connectivity index (χ1v) is 6.63. The van der Waals surface area contributed by atoms with Crippen molar-refractivity contribution in [2.75, 3.05) is 19.1 Å². The molecule has 0 saturated heterocycles. The second-order valence-corrected chi connectivity index (χ2v) is 4.90. The van der Waals surface area contributed by atoms with Crippen molar-refractivity contribution >= 4 is 23.4 Å². The van der Waals surface area contributed by atoms with Crippen LogP contribution in [0.2, 0.25) is 5.15 Å². The van der Waals surface area contributed by atoms with Gasteiger partial charge in [-0.15, -0.1) is 0 Å². The number of aromatic nitrogens is 1. The third-order valence-electron chi connectivity index (χ3n) is 3.02. The number of pyridine rings is 1. The summed E-state index contributed by atoms with van der Waals surface area (Å²) >= 11 is 5.87. The molecule has 0 bridgehead atoms. The Balaban J connectivity index is 2.28. The summed E-state index contributed by atoms with van der Waals surface area (Å²) in [5, 5.41) is 9.21. The van der Waals surface area contributed by atoms with Gasteiger partial charge in [-0.3, -0.25) is 0 Å². The van der Waals surface area contributed by atoms with Gasteiger partial charge in [0.1, 0.15) is 16.7 Å². The molecule has 0 aliphatic heterocycles. The van der Waals surface area contributed by atoms with Crippen LogP contribution >= 0.6 is 11.6 Å². The van der Waals surface area contributed by atoms with Gasteiger partial charge in [-0.05, 0) is 18.2 Å². The van der Waals surface area contributed by atoms with Gasteiger partial charge >= 0.3 is 5.97 Å². The number of halogens is 1. The fourth-order valence-corrected chi connectivity index (χ4v) is 2.18. The first kappa shape index (κ1) is 15.1. The maximum atomic E-state index is 11.1. The summed E-state index contributed by atoms with van der Waals surface area (Å²) in [5.41, 5.74) is 1.08. The van der Waals surface area contributed by atoms with Crippen molar-refractivity contribution in [3.05, 3.63) is 52.7 Å². The summed E-state index contributed by atoms with van der Waals surface area (Å²) < 4.78 is 5.30. The lowest BCUT2D eigenvalue weighted by molar-refractivity contribution is 0.0697. The van der Waals surface area contributed by atoms with Crippen LogP contribution in [-0.4, -0.2) is 30.2 Å². The number of nitrogens with zero attached hydrogens (tertiary/aromatic N) is 2. The van der Waals surface area contributed by atoms with Crippen LogP contribution in [0.5, 0.6) is 5.75 Å². The van der Waals surface area contributed by atoms with Gasteiger partial charge in [0, 0.05) is 19.2 Å². The molecule has 1 heterocycles. The van der Waals surface area contributed by atoms with E-state index in [0.29, 0.717) is 12.4 Å². The summed E-state index contributed by atoms with van der Waals surface area (Å²) in [6, 6.07) is 10.4. The number of carbonyl (C=O) groups is 1. The van der Waals surface area contributed by atoms with Crippen LogP contribution in [0.15, 0.2) is 36.4 Å². The number of rotatable bonds is 5. The van der Waals surface area contributed by atoms with E-state index in [1.807, 2.05) is 36.2 Å². The van der Waals surface area contributed by atoms with Crippen molar-refractivity contribution in [2.24, 2.45) is 0 Å². The van der Waals surface area contributed by atoms with E-state index in [0.717, 1.165) is 11.3 Å². The topological polar surface area (TPSA) is 62.7 Å². The molecule has 110 valence electrons. The maximum Gasteiger partial charge on any atom is 0.335 e. The summed E-state index contributed by atoms with van der Waals surface area (Å²) in [6.45, 7) is 0.524. The minimum Gasteiger partial charge on any atom is -0.496 e. The first-order valence-electron chi connectivity index (χ1n) is 6.25. The minimum absolute atomic E-state index is 0.108. The molecule has 0 radical (unpaired) electrons. The molecule has 0 saturated carbocycles. The number of ether oxygens (including phenoxy) is 1. The van der Waals surface area contributed by atoms with Crippen molar-refractivity contribution in [3.63, 3.8) is 0 Å². The smallest absolute Gasteiger partial charge is 0.335 e. The van der Waals surface area contributed by atoms with E-state index in [1.165, 1.54) is 12.1 Å². The van der Waals surface area contributed by atoms with E-state index in [1.54, 1.807) is 7.11 Å². The Hall–Kier alpha value is -2.27. The van der Waals surface area contributed by atoms with Crippen molar-refractivity contribution in [2.45, 2.75) is 6.54 Å². The Morgan fingerprint density at radius 2 is 2.10 bits per heavy atom. The van der Waals surface area contributed by atoms with E-state index in [4.69, 9.17) is 21.4 Å². The highest BCUT2D eigenvalue weighted by molar-refractivity contribution is 6.29. The number of hydrogen-bond donors (Lipinski definition) is 1. The second-order valence-electron chi connectivity index (χ2n) is 4.51. The number of carboxylic acid groups (broad SMARTS) is 1. The van der Waals surface area contributed by atoms with Gasteiger partial charge < -0.3 is 14.7 Å². The Morgan fingerprint density at radius 1 is 1.38 bits per heavy atom. The molecule has 0 unspecified atom stereocenters. The minimum atomic E-state index is -1.04. The molecule has 0 aliphatic rings. The van der Waals surface area contributed by atoms with E-state index < -0.39 is 5.97 Å². The Bertz CT molecular complexity index is 661. The SMILES string of the molecule is COc1ccccc1CN(C)c1cc(C(=O)O)cc(Cl)n1. The highest BCUT2D eigenvalue weighted by Gasteiger charge is 2.12. The Morgan fingerprint density at radius 3 is 2.76 bits per heavy atom. The summed E-state index contributed by atoms with van der Waals surface area (Å²) in [6.07, 6.45) is 0. The number of aromatic carboxylic acids is 1. The van der Waals surface area contributed by atoms with Crippen molar-refractivity contribution < 1.29 is 14.6 Å². The average Bonchev–Trinajstić information content (AvgIpc) is 2.47. The molecule has 0 atom stereocenters. The number of methoxy groups -OCH3 is 1. The van der Waals surface area contributed by atoms with E-state index in [-0.39, 0.29) is 10.7 Å². The summed E-state index contributed by atoms with van der Waals surface area (Å²) in [5.74, 6) is 0.224. The van der Waals surface area contributed by atoms with E-state index >= 15 is 0 Å². The third-order valence-corrected chi connectivity index (χ3v) is 3.21. The molecular formula is C15H15ClN2O3. The average molecular weight is 307 g/mol. The van der Waals surface area contributed by atoms with Crippen LogP contribution in [0.25, 0.3) is 0 Å². The molecule has 2 rings (SSSR count). The van der Waals surface area contributed by atoms with Crippen LogP contribution in [0.3, 0.4) is 0 Å². The van der Waals surface area contributed by atoms with Gasteiger partial charge in [-0.1, -0.05) is 29.8 Å². The lowest BCUT2D eigenvalue weighted by Gasteiger charge is -2.20. The highest BCUT2D eigenvalue weighted by atomic mass is 35.5. The van der Waals surface area contributed by atoms with Crippen molar-refractivity contribution in [1.29, 1.82) is 0 Å². The largest absolute Gasteiger partial charge is 0.496 e. The Kier molecular flexibility index (Phi) is 4.65. The van der Waals surface area contributed by atoms with Crippen LogP contribution in [0.1, 0.15) is 15.9 Å². The second kappa shape index (κ2) is 6.45. The molecule has 21 heavy (non-hydrogen) atoms. The zero-order valence-electron chi connectivity index (χ0n) is 11.7. The lowest BCUT2D eigenvalue weighted by Crippen LogP contribution is -2.19. The van der Waals surface area contributed by atoms with Gasteiger partial charge in [-0.25, -0.2) is 9.78 Å². The van der Waals surface area contributed by atoms with Crippen LogP contribution < -0.4 is 9.64 Å².